The van der Waals surface area contributed by atoms with E-state index in [1.54, 1.807) is 11.3 Å². The van der Waals surface area contributed by atoms with Gasteiger partial charge in [-0.25, -0.2) is 9.78 Å². The first-order chi connectivity index (χ1) is 11.0. The SMILES string of the molecule is CNC(=O)NC(=O)Cn1cnc2sc3c(c2c1=O)CCC(C)C3. The number of fused-ring (bicyclic) bond motifs is 3. The number of imide groups is 1. The van der Waals surface area contributed by atoms with E-state index in [1.165, 1.54) is 22.8 Å². The summed E-state index contributed by atoms with van der Waals surface area (Å²) in [6, 6.07) is -0.598. The molecule has 1 aliphatic carbocycles. The molecule has 8 heteroatoms. The number of rotatable bonds is 2. The van der Waals surface area contributed by atoms with Gasteiger partial charge in [0.25, 0.3) is 5.56 Å². The van der Waals surface area contributed by atoms with Crippen molar-refractivity contribution in [2.75, 3.05) is 7.05 Å². The molecule has 23 heavy (non-hydrogen) atoms. The molecule has 0 bridgehead atoms. The lowest BCUT2D eigenvalue weighted by Gasteiger charge is -2.17. The fraction of sp³-hybridized carbons (Fsp3) is 0.467. The van der Waals surface area contributed by atoms with Gasteiger partial charge in [-0.2, -0.15) is 0 Å². The fourth-order valence-electron chi connectivity index (χ4n) is 2.86. The molecular formula is C15H18N4O3S. The molecule has 0 aliphatic heterocycles. The highest BCUT2D eigenvalue weighted by molar-refractivity contribution is 7.18. The van der Waals surface area contributed by atoms with Crippen LogP contribution in [0.3, 0.4) is 0 Å². The number of carbonyl (C=O) groups excluding carboxylic acids is 2. The minimum Gasteiger partial charge on any atom is -0.341 e. The highest BCUT2D eigenvalue weighted by Gasteiger charge is 2.23. The van der Waals surface area contributed by atoms with Gasteiger partial charge in [0.2, 0.25) is 5.91 Å². The zero-order valence-corrected chi connectivity index (χ0v) is 13.8. The van der Waals surface area contributed by atoms with Crippen molar-refractivity contribution in [1.29, 1.82) is 0 Å². The number of amides is 3. The van der Waals surface area contributed by atoms with Crippen LogP contribution in [-0.4, -0.2) is 28.5 Å². The lowest BCUT2D eigenvalue weighted by atomic mass is 9.89. The van der Waals surface area contributed by atoms with Gasteiger partial charge < -0.3 is 5.32 Å². The summed E-state index contributed by atoms with van der Waals surface area (Å²) < 4.78 is 1.26. The monoisotopic (exact) mass is 334 g/mol. The average molecular weight is 334 g/mol. The highest BCUT2D eigenvalue weighted by Crippen LogP contribution is 2.35. The minimum atomic E-state index is -0.598. The summed E-state index contributed by atoms with van der Waals surface area (Å²) in [5.41, 5.74) is 0.871. The smallest absolute Gasteiger partial charge is 0.321 e. The van der Waals surface area contributed by atoms with Gasteiger partial charge in [-0.3, -0.25) is 19.5 Å². The van der Waals surface area contributed by atoms with Crippen molar-refractivity contribution in [3.63, 3.8) is 0 Å². The van der Waals surface area contributed by atoms with Crippen molar-refractivity contribution in [3.05, 3.63) is 27.1 Å². The van der Waals surface area contributed by atoms with Crippen LogP contribution in [0.25, 0.3) is 10.2 Å². The third-order valence-electron chi connectivity index (χ3n) is 4.08. The van der Waals surface area contributed by atoms with Crippen LogP contribution in [0, 0.1) is 5.92 Å². The first-order valence-corrected chi connectivity index (χ1v) is 8.32. The number of nitrogens with one attached hydrogen (secondary N) is 2. The van der Waals surface area contributed by atoms with Crippen LogP contribution in [0.2, 0.25) is 0 Å². The van der Waals surface area contributed by atoms with Gasteiger partial charge in [-0.1, -0.05) is 6.92 Å². The summed E-state index contributed by atoms with van der Waals surface area (Å²) in [7, 11) is 1.42. The molecule has 0 saturated heterocycles. The normalized spacial score (nSPS) is 16.9. The molecule has 2 aromatic heterocycles. The lowest BCUT2D eigenvalue weighted by molar-refractivity contribution is -0.120. The highest BCUT2D eigenvalue weighted by atomic mass is 32.1. The first kappa shape index (κ1) is 15.7. The van der Waals surface area contributed by atoms with Crippen molar-refractivity contribution in [1.82, 2.24) is 20.2 Å². The summed E-state index contributed by atoms with van der Waals surface area (Å²) in [5, 5.41) is 5.07. The average Bonchev–Trinajstić information content (AvgIpc) is 2.88. The largest absolute Gasteiger partial charge is 0.341 e. The molecule has 1 aliphatic rings. The van der Waals surface area contributed by atoms with Crippen molar-refractivity contribution in [3.8, 4) is 0 Å². The maximum Gasteiger partial charge on any atom is 0.321 e. The van der Waals surface area contributed by atoms with Gasteiger partial charge in [-0.05, 0) is 30.7 Å². The first-order valence-electron chi connectivity index (χ1n) is 7.50. The molecule has 0 radical (unpaired) electrons. The van der Waals surface area contributed by atoms with E-state index in [9.17, 15) is 14.4 Å². The predicted octanol–water partition coefficient (Wildman–Crippen LogP) is 1.04. The molecule has 2 heterocycles. The molecule has 0 aromatic carbocycles. The van der Waals surface area contributed by atoms with E-state index < -0.39 is 11.9 Å². The van der Waals surface area contributed by atoms with Gasteiger partial charge in [0, 0.05) is 11.9 Å². The van der Waals surface area contributed by atoms with Crippen LogP contribution < -0.4 is 16.2 Å². The van der Waals surface area contributed by atoms with Crippen LogP contribution in [0.15, 0.2) is 11.1 Å². The Labute approximate surface area is 136 Å². The number of nitrogens with zero attached hydrogens (tertiary/aromatic N) is 2. The summed E-state index contributed by atoms with van der Waals surface area (Å²) in [6.45, 7) is 1.98. The number of hydrogen-bond acceptors (Lipinski definition) is 5. The molecule has 3 rings (SSSR count). The molecule has 0 spiro atoms. The van der Waals surface area contributed by atoms with E-state index in [0.29, 0.717) is 11.3 Å². The van der Waals surface area contributed by atoms with E-state index in [1.807, 2.05) is 0 Å². The molecule has 1 atom stereocenters. The Morgan fingerprint density at radius 1 is 1.48 bits per heavy atom. The lowest BCUT2D eigenvalue weighted by Crippen LogP contribution is -2.40. The van der Waals surface area contributed by atoms with Gasteiger partial charge >= 0.3 is 6.03 Å². The van der Waals surface area contributed by atoms with Crippen LogP contribution >= 0.6 is 11.3 Å². The molecule has 0 fully saturated rings. The zero-order chi connectivity index (χ0) is 16.6. The second-order valence-corrected chi connectivity index (χ2v) is 6.92. The maximum atomic E-state index is 12.7. The summed E-state index contributed by atoms with van der Waals surface area (Å²) in [5.74, 6) is 0.0708. The van der Waals surface area contributed by atoms with Crippen LogP contribution in [0.5, 0.6) is 0 Å². The summed E-state index contributed by atoms with van der Waals surface area (Å²) >= 11 is 1.57. The predicted molar refractivity (Wildman–Crippen MR) is 87.7 cm³/mol. The molecule has 122 valence electrons. The van der Waals surface area contributed by atoms with Crippen LogP contribution in [0.4, 0.5) is 4.79 Å². The van der Waals surface area contributed by atoms with E-state index >= 15 is 0 Å². The van der Waals surface area contributed by atoms with E-state index in [0.717, 1.165) is 29.7 Å². The Kier molecular flexibility index (Phi) is 4.16. The number of thiophene rings is 1. The molecule has 0 saturated carbocycles. The quantitative estimate of drug-likeness (QED) is 0.858. The standard InChI is InChI=1S/C15H18N4O3S/c1-8-3-4-9-10(5-8)23-13-12(9)14(21)19(7-17-13)6-11(20)18-15(22)16-2/h7-8H,3-6H2,1-2H3,(H2,16,18,20,22). The number of hydrogen-bond donors (Lipinski definition) is 2. The Bertz CT molecular complexity index is 839. The number of aryl methyl sites for hydroxylation is 1. The summed E-state index contributed by atoms with van der Waals surface area (Å²) in [4.78, 5) is 41.9. The molecule has 2 aromatic rings. The van der Waals surface area contributed by atoms with Gasteiger partial charge in [0.15, 0.2) is 0 Å². The third kappa shape index (κ3) is 2.98. The van der Waals surface area contributed by atoms with Gasteiger partial charge in [-0.15, -0.1) is 11.3 Å². The Morgan fingerprint density at radius 3 is 3.00 bits per heavy atom. The molecular weight excluding hydrogens is 316 g/mol. The van der Waals surface area contributed by atoms with Crippen molar-refractivity contribution < 1.29 is 9.59 Å². The van der Waals surface area contributed by atoms with Crippen LogP contribution in [-0.2, 0) is 24.2 Å². The van der Waals surface area contributed by atoms with Crippen molar-refractivity contribution >= 4 is 33.5 Å². The molecule has 2 N–H and O–H groups in total. The van der Waals surface area contributed by atoms with E-state index in [2.05, 4.69) is 22.5 Å². The van der Waals surface area contributed by atoms with E-state index in [4.69, 9.17) is 0 Å². The number of carbonyl (C=O) groups is 2. The van der Waals surface area contributed by atoms with Gasteiger partial charge in [0.05, 0.1) is 11.7 Å². The molecule has 3 amide bonds. The second-order valence-electron chi connectivity index (χ2n) is 5.84. The number of aromatic nitrogens is 2. The Morgan fingerprint density at radius 2 is 2.26 bits per heavy atom. The number of urea groups is 1. The summed E-state index contributed by atoms with van der Waals surface area (Å²) in [6.07, 6.45) is 4.29. The van der Waals surface area contributed by atoms with E-state index in [-0.39, 0.29) is 12.1 Å². The van der Waals surface area contributed by atoms with Crippen molar-refractivity contribution in [2.45, 2.75) is 32.7 Å². The van der Waals surface area contributed by atoms with Crippen molar-refractivity contribution in [2.24, 2.45) is 5.92 Å². The third-order valence-corrected chi connectivity index (χ3v) is 5.24. The fourth-order valence-corrected chi connectivity index (χ4v) is 4.20. The maximum absolute atomic E-state index is 12.7. The minimum absolute atomic E-state index is 0.214. The zero-order valence-electron chi connectivity index (χ0n) is 13.0. The Hall–Kier alpha value is -2.22. The topological polar surface area (TPSA) is 93.1 Å². The molecule has 1 unspecified atom stereocenters. The molecule has 7 nitrogen and oxygen atoms in total. The van der Waals surface area contributed by atoms with Gasteiger partial charge in [0.1, 0.15) is 11.4 Å². The Balaban J connectivity index is 1.94. The van der Waals surface area contributed by atoms with Crippen LogP contribution in [0.1, 0.15) is 23.8 Å². The second kappa shape index (κ2) is 6.11.